The Hall–Kier alpha value is -3.47. The van der Waals surface area contributed by atoms with Gasteiger partial charge in [-0.3, -0.25) is 4.79 Å². The lowest BCUT2D eigenvalue weighted by molar-refractivity contribution is -0.117. The highest BCUT2D eigenvalue weighted by atomic mass is 16.7. The minimum atomic E-state index is -0.238. The summed E-state index contributed by atoms with van der Waals surface area (Å²) in [5, 5.41) is 2.98. The van der Waals surface area contributed by atoms with E-state index in [1.165, 1.54) is 5.56 Å². The molecular weight excluding hydrogens is 390 g/mol. The van der Waals surface area contributed by atoms with Gasteiger partial charge in [-0.05, 0) is 66.8 Å². The summed E-state index contributed by atoms with van der Waals surface area (Å²) in [5.74, 6) is 3.06. The number of carbonyl (C=O) groups excluding carboxylic acids is 1. The van der Waals surface area contributed by atoms with E-state index < -0.39 is 0 Å². The number of rotatable bonds is 7. The molecule has 5 heteroatoms. The van der Waals surface area contributed by atoms with Crippen LogP contribution in [-0.4, -0.2) is 12.7 Å². The van der Waals surface area contributed by atoms with E-state index in [1.54, 1.807) is 6.07 Å². The molecule has 1 aliphatic rings. The van der Waals surface area contributed by atoms with Gasteiger partial charge in [0.25, 0.3) is 0 Å². The van der Waals surface area contributed by atoms with Crippen molar-refractivity contribution in [3.05, 3.63) is 77.9 Å². The number of benzene rings is 3. The van der Waals surface area contributed by atoms with Gasteiger partial charge in [0, 0.05) is 11.8 Å². The van der Waals surface area contributed by atoms with Crippen LogP contribution >= 0.6 is 0 Å². The van der Waals surface area contributed by atoms with Crippen LogP contribution in [0.2, 0.25) is 0 Å². The molecule has 0 spiro atoms. The van der Waals surface area contributed by atoms with Gasteiger partial charge >= 0.3 is 0 Å². The van der Waals surface area contributed by atoms with Gasteiger partial charge in [0.15, 0.2) is 11.5 Å². The fraction of sp³-hybridized carbons (Fsp3) is 0.269. The third-order valence-electron chi connectivity index (χ3n) is 5.22. The molecule has 0 bridgehead atoms. The van der Waals surface area contributed by atoms with Crippen LogP contribution in [0, 0.1) is 5.92 Å². The largest absolute Gasteiger partial charge is 0.457 e. The summed E-state index contributed by atoms with van der Waals surface area (Å²) in [6, 6.07) is 21.1. The van der Waals surface area contributed by atoms with Gasteiger partial charge in [0.2, 0.25) is 12.7 Å². The Labute approximate surface area is 183 Å². The van der Waals surface area contributed by atoms with Crippen LogP contribution in [-0.2, 0) is 11.2 Å². The molecule has 31 heavy (non-hydrogen) atoms. The Morgan fingerprint density at radius 1 is 0.903 bits per heavy atom. The molecule has 0 saturated heterocycles. The highest BCUT2D eigenvalue weighted by molar-refractivity contribution is 5.95. The number of nitrogens with one attached hydrogen (secondary N) is 1. The standard InChI is InChI=1S/C26H27NO4/c1-17(2)14-19-4-6-20(7-5-19)18(3)26(28)27-21-8-10-22(11-9-21)31-23-12-13-24-25(15-23)30-16-29-24/h4-13,15,17-18H,14,16H2,1-3H3,(H,27,28). The van der Waals surface area contributed by atoms with E-state index in [1.807, 2.05) is 55.5 Å². The van der Waals surface area contributed by atoms with E-state index in [9.17, 15) is 4.79 Å². The smallest absolute Gasteiger partial charge is 0.231 e. The van der Waals surface area contributed by atoms with Crippen molar-refractivity contribution < 1.29 is 19.0 Å². The molecule has 3 aromatic rings. The van der Waals surface area contributed by atoms with Gasteiger partial charge in [0.05, 0.1) is 5.92 Å². The van der Waals surface area contributed by atoms with E-state index in [2.05, 4.69) is 31.3 Å². The summed E-state index contributed by atoms with van der Waals surface area (Å²) < 4.78 is 16.6. The van der Waals surface area contributed by atoms with Gasteiger partial charge in [-0.15, -0.1) is 0 Å². The van der Waals surface area contributed by atoms with Gasteiger partial charge in [0.1, 0.15) is 11.5 Å². The molecule has 0 radical (unpaired) electrons. The fourth-order valence-corrected chi connectivity index (χ4v) is 3.50. The second kappa shape index (κ2) is 9.13. The van der Waals surface area contributed by atoms with Crippen LogP contribution < -0.4 is 19.5 Å². The van der Waals surface area contributed by atoms with E-state index in [0.717, 1.165) is 17.7 Å². The first-order chi connectivity index (χ1) is 15.0. The van der Waals surface area contributed by atoms with Gasteiger partial charge in [-0.1, -0.05) is 38.1 Å². The maximum absolute atomic E-state index is 12.7. The summed E-state index contributed by atoms with van der Waals surface area (Å²) >= 11 is 0. The van der Waals surface area contributed by atoms with Crippen molar-refractivity contribution in [3.63, 3.8) is 0 Å². The molecule has 1 aliphatic heterocycles. The predicted octanol–water partition coefficient (Wildman–Crippen LogP) is 6.15. The predicted molar refractivity (Wildman–Crippen MR) is 121 cm³/mol. The molecule has 5 nitrogen and oxygen atoms in total. The first-order valence-corrected chi connectivity index (χ1v) is 10.5. The summed E-state index contributed by atoms with van der Waals surface area (Å²) in [4.78, 5) is 12.7. The minimum Gasteiger partial charge on any atom is -0.457 e. The van der Waals surface area contributed by atoms with Crippen molar-refractivity contribution in [3.8, 4) is 23.0 Å². The maximum atomic E-state index is 12.7. The average Bonchev–Trinajstić information content (AvgIpc) is 3.22. The van der Waals surface area contributed by atoms with Gasteiger partial charge in [-0.2, -0.15) is 0 Å². The fourth-order valence-electron chi connectivity index (χ4n) is 3.50. The Bertz CT molecular complexity index is 1040. The summed E-state index contributed by atoms with van der Waals surface area (Å²) in [6.45, 7) is 6.56. The summed E-state index contributed by atoms with van der Waals surface area (Å²) in [7, 11) is 0. The monoisotopic (exact) mass is 417 g/mol. The lowest BCUT2D eigenvalue weighted by Crippen LogP contribution is -2.18. The molecule has 1 amide bonds. The van der Waals surface area contributed by atoms with Crippen molar-refractivity contribution >= 4 is 11.6 Å². The molecule has 1 heterocycles. The van der Waals surface area contributed by atoms with Crippen LogP contribution in [0.1, 0.15) is 37.8 Å². The number of anilines is 1. The van der Waals surface area contributed by atoms with Gasteiger partial charge in [-0.25, -0.2) is 0 Å². The van der Waals surface area contributed by atoms with Crippen molar-refractivity contribution in [2.45, 2.75) is 33.1 Å². The Kier molecular flexibility index (Phi) is 6.12. The number of hydrogen-bond acceptors (Lipinski definition) is 4. The molecule has 1 atom stereocenters. The molecular formula is C26H27NO4. The molecule has 4 rings (SSSR count). The van der Waals surface area contributed by atoms with E-state index in [-0.39, 0.29) is 18.6 Å². The zero-order chi connectivity index (χ0) is 21.8. The van der Waals surface area contributed by atoms with Crippen LogP contribution in [0.5, 0.6) is 23.0 Å². The van der Waals surface area contributed by atoms with Crippen LogP contribution in [0.15, 0.2) is 66.7 Å². The van der Waals surface area contributed by atoms with Crippen molar-refractivity contribution in [2.75, 3.05) is 12.1 Å². The molecule has 0 fully saturated rings. The van der Waals surface area contributed by atoms with Gasteiger partial charge < -0.3 is 19.5 Å². The zero-order valence-corrected chi connectivity index (χ0v) is 18.1. The number of hydrogen-bond donors (Lipinski definition) is 1. The highest BCUT2D eigenvalue weighted by Crippen LogP contribution is 2.36. The van der Waals surface area contributed by atoms with Crippen molar-refractivity contribution in [2.24, 2.45) is 5.92 Å². The second-order valence-corrected chi connectivity index (χ2v) is 8.19. The lowest BCUT2D eigenvalue weighted by Gasteiger charge is -2.14. The topological polar surface area (TPSA) is 56.8 Å². The quantitative estimate of drug-likeness (QED) is 0.501. The lowest BCUT2D eigenvalue weighted by atomic mass is 9.96. The zero-order valence-electron chi connectivity index (χ0n) is 18.1. The van der Waals surface area contributed by atoms with E-state index in [0.29, 0.717) is 28.9 Å². The Morgan fingerprint density at radius 3 is 2.29 bits per heavy atom. The molecule has 160 valence electrons. The Balaban J connectivity index is 1.35. The van der Waals surface area contributed by atoms with Crippen LogP contribution in [0.25, 0.3) is 0 Å². The van der Waals surface area contributed by atoms with Crippen molar-refractivity contribution in [1.29, 1.82) is 0 Å². The van der Waals surface area contributed by atoms with E-state index >= 15 is 0 Å². The normalized spacial score (nSPS) is 13.2. The molecule has 0 aliphatic carbocycles. The highest BCUT2D eigenvalue weighted by Gasteiger charge is 2.16. The van der Waals surface area contributed by atoms with Crippen LogP contribution in [0.4, 0.5) is 5.69 Å². The molecule has 0 aromatic heterocycles. The third-order valence-corrected chi connectivity index (χ3v) is 5.22. The summed E-state index contributed by atoms with van der Waals surface area (Å²) in [5.41, 5.74) is 3.03. The average molecular weight is 418 g/mol. The van der Waals surface area contributed by atoms with Crippen LogP contribution in [0.3, 0.4) is 0 Å². The minimum absolute atomic E-state index is 0.0407. The van der Waals surface area contributed by atoms with E-state index in [4.69, 9.17) is 14.2 Å². The summed E-state index contributed by atoms with van der Waals surface area (Å²) in [6.07, 6.45) is 1.04. The molecule has 1 N–H and O–H groups in total. The third kappa shape index (κ3) is 5.18. The maximum Gasteiger partial charge on any atom is 0.231 e. The molecule has 3 aromatic carbocycles. The number of amides is 1. The SMILES string of the molecule is CC(C)Cc1ccc(C(C)C(=O)Nc2ccc(Oc3ccc4c(c3)OCO4)cc2)cc1. The number of carbonyl (C=O) groups is 1. The molecule has 1 unspecified atom stereocenters. The number of fused-ring (bicyclic) bond motifs is 1. The Morgan fingerprint density at radius 2 is 1.58 bits per heavy atom. The molecule has 0 saturated carbocycles. The first-order valence-electron chi connectivity index (χ1n) is 10.5. The number of ether oxygens (including phenoxy) is 3. The first kappa shape index (κ1) is 20.8. The van der Waals surface area contributed by atoms with Crippen molar-refractivity contribution in [1.82, 2.24) is 0 Å². The second-order valence-electron chi connectivity index (χ2n) is 8.19.